The molecule has 5 rings (SSSR count). The summed E-state index contributed by atoms with van der Waals surface area (Å²) < 4.78 is 44.7. The molecule has 0 atom stereocenters. The second-order valence-electron chi connectivity index (χ2n) is 8.80. The zero-order valence-corrected chi connectivity index (χ0v) is 20.8. The largest absolute Gasteiger partial charge is 0.435 e. The maximum atomic E-state index is 14.0. The standard InChI is InChI=1S/C27H24F3N7O/c1-3-18-11-17(5-6-20(18)24(38)4-2)12-22-26-33-13-23(37(26)10-9-32-22)21-15-36(35-25(21)27(28,29)30)14-19-7-8-31-16-34-19/h5-11,13,15-16H,3-4,12,14H2,1-2H3. The predicted octanol–water partition coefficient (Wildman–Crippen LogP) is 5.20. The van der Waals surface area contributed by atoms with E-state index < -0.39 is 11.9 Å². The Morgan fingerprint density at radius 2 is 1.89 bits per heavy atom. The Balaban J connectivity index is 1.53. The molecule has 8 nitrogen and oxygen atoms in total. The summed E-state index contributed by atoms with van der Waals surface area (Å²) in [5.74, 6) is 0.0900. The number of nitrogens with zero attached hydrogens (tertiary/aromatic N) is 7. The number of carbonyl (C=O) groups excluding carboxylic acids is 1. The monoisotopic (exact) mass is 519 g/mol. The first kappa shape index (κ1) is 25.2. The molecule has 4 heterocycles. The molecule has 38 heavy (non-hydrogen) atoms. The molecule has 0 unspecified atom stereocenters. The number of alkyl halides is 3. The van der Waals surface area contributed by atoms with Crippen LogP contribution in [0.1, 0.15) is 58.8 Å². The maximum Gasteiger partial charge on any atom is 0.435 e. The number of hydrogen-bond acceptors (Lipinski definition) is 6. The number of aryl methyl sites for hydroxylation is 1. The molecule has 0 N–H and O–H groups in total. The molecule has 0 saturated heterocycles. The number of hydrogen-bond donors (Lipinski definition) is 0. The summed E-state index contributed by atoms with van der Waals surface area (Å²) in [5, 5.41) is 3.83. The lowest BCUT2D eigenvalue weighted by Gasteiger charge is -2.10. The van der Waals surface area contributed by atoms with Gasteiger partial charge in [0, 0.05) is 43.2 Å². The molecular formula is C27H24F3N7O. The van der Waals surface area contributed by atoms with Crippen molar-refractivity contribution in [1.82, 2.24) is 34.1 Å². The van der Waals surface area contributed by atoms with E-state index in [-0.39, 0.29) is 23.6 Å². The van der Waals surface area contributed by atoms with Gasteiger partial charge in [0.15, 0.2) is 17.1 Å². The molecular weight excluding hydrogens is 495 g/mol. The Labute approximate surface area is 216 Å². The summed E-state index contributed by atoms with van der Waals surface area (Å²) >= 11 is 0. The molecule has 0 radical (unpaired) electrons. The van der Waals surface area contributed by atoms with Gasteiger partial charge >= 0.3 is 6.18 Å². The van der Waals surface area contributed by atoms with Gasteiger partial charge in [-0.25, -0.2) is 15.0 Å². The molecule has 1 aromatic carbocycles. The van der Waals surface area contributed by atoms with Gasteiger partial charge in [-0.3, -0.25) is 18.9 Å². The van der Waals surface area contributed by atoms with Gasteiger partial charge in [0.25, 0.3) is 0 Å². The van der Waals surface area contributed by atoms with Crippen LogP contribution >= 0.6 is 0 Å². The smallest absolute Gasteiger partial charge is 0.296 e. The van der Waals surface area contributed by atoms with E-state index in [0.717, 1.165) is 11.1 Å². The highest BCUT2D eigenvalue weighted by atomic mass is 19.4. The van der Waals surface area contributed by atoms with Crippen LogP contribution in [0, 0.1) is 0 Å². The third kappa shape index (κ3) is 4.91. The lowest BCUT2D eigenvalue weighted by molar-refractivity contribution is -0.141. The number of rotatable bonds is 8. The summed E-state index contributed by atoms with van der Waals surface area (Å²) in [5.41, 5.74) is 3.36. The minimum absolute atomic E-state index is 0.0609. The molecule has 0 aliphatic heterocycles. The van der Waals surface area contributed by atoms with Crippen LogP contribution < -0.4 is 0 Å². The zero-order valence-electron chi connectivity index (χ0n) is 20.8. The fraction of sp³-hybridized carbons (Fsp3) is 0.259. The molecule has 11 heteroatoms. The van der Waals surface area contributed by atoms with E-state index in [4.69, 9.17) is 0 Å². The first-order valence-electron chi connectivity index (χ1n) is 12.1. The highest BCUT2D eigenvalue weighted by Gasteiger charge is 2.38. The van der Waals surface area contributed by atoms with Crippen LogP contribution in [0.2, 0.25) is 0 Å². The van der Waals surface area contributed by atoms with E-state index in [0.29, 0.717) is 41.9 Å². The molecule has 0 saturated carbocycles. The number of ketones is 1. The number of aromatic nitrogens is 7. The highest BCUT2D eigenvalue weighted by molar-refractivity contribution is 5.97. The van der Waals surface area contributed by atoms with Crippen LogP contribution in [-0.4, -0.2) is 39.9 Å². The second-order valence-corrected chi connectivity index (χ2v) is 8.80. The summed E-state index contributed by atoms with van der Waals surface area (Å²) in [6.07, 6.45) is 5.63. The first-order chi connectivity index (χ1) is 18.3. The van der Waals surface area contributed by atoms with Gasteiger partial charge < -0.3 is 0 Å². The van der Waals surface area contributed by atoms with E-state index in [9.17, 15) is 18.0 Å². The Morgan fingerprint density at radius 1 is 1.05 bits per heavy atom. The van der Waals surface area contributed by atoms with Crippen LogP contribution in [0.4, 0.5) is 13.2 Å². The van der Waals surface area contributed by atoms with Crippen molar-refractivity contribution in [3.63, 3.8) is 0 Å². The number of carbonyl (C=O) groups is 1. The molecule has 5 aromatic rings. The van der Waals surface area contributed by atoms with Gasteiger partial charge in [0.2, 0.25) is 0 Å². The Kier molecular flexibility index (Phi) is 6.75. The lowest BCUT2D eigenvalue weighted by atomic mass is 9.96. The minimum atomic E-state index is -4.67. The van der Waals surface area contributed by atoms with E-state index >= 15 is 0 Å². The van der Waals surface area contributed by atoms with Crippen LogP contribution in [0.5, 0.6) is 0 Å². The topological polar surface area (TPSA) is 90.9 Å². The second kappa shape index (κ2) is 10.2. The lowest BCUT2D eigenvalue weighted by Crippen LogP contribution is -2.10. The van der Waals surface area contributed by atoms with Gasteiger partial charge in [-0.15, -0.1) is 0 Å². The van der Waals surface area contributed by atoms with Crippen molar-refractivity contribution in [2.45, 2.75) is 45.8 Å². The maximum absolute atomic E-state index is 14.0. The number of Topliss-reactive ketones (excluding diaryl/α,β-unsaturated/α-hetero) is 1. The number of benzene rings is 1. The van der Waals surface area contributed by atoms with Gasteiger partial charge in [0.05, 0.1) is 35.4 Å². The van der Waals surface area contributed by atoms with Crippen molar-refractivity contribution >= 4 is 11.4 Å². The predicted molar refractivity (Wildman–Crippen MR) is 134 cm³/mol. The highest BCUT2D eigenvalue weighted by Crippen LogP contribution is 2.36. The summed E-state index contributed by atoms with van der Waals surface area (Å²) in [6.45, 7) is 3.89. The van der Waals surface area contributed by atoms with Crippen LogP contribution in [0.15, 0.2) is 61.6 Å². The molecule has 194 valence electrons. The molecule has 0 aliphatic rings. The first-order valence-corrected chi connectivity index (χ1v) is 12.1. The fourth-order valence-electron chi connectivity index (χ4n) is 4.48. The molecule has 0 bridgehead atoms. The van der Waals surface area contributed by atoms with Crippen molar-refractivity contribution in [3.8, 4) is 11.3 Å². The molecule has 0 spiro atoms. The van der Waals surface area contributed by atoms with E-state index in [1.165, 1.54) is 29.6 Å². The molecule has 0 fully saturated rings. The minimum Gasteiger partial charge on any atom is -0.296 e. The molecule has 4 aromatic heterocycles. The number of imidazole rings is 1. The van der Waals surface area contributed by atoms with Crippen LogP contribution in [-0.2, 0) is 25.6 Å². The number of fused-ring (bicyclic) bond motifs is 1. The van der Waals surface area contributed by atoms with E-state index in [1.807, 2.05) is 32.0 Å². The quantitative estimate of drug-likeness (QED) is 0.262. The van der Waals surface area contributed by atoms with Crippen LogP contribution in [0.25, 0.3) is 16.9 Å². The van der Waals surface area contributed by atoms with Crippen molar-refractivity contribution in [2.24, 2.45) is 0 Å². The SMILES string of the molecule is CCC(=O)c1ccc(Cc2nccn3c(-c4cn(Cc5ccncn5)nc4C(F)(F)F)cnc23)cc1CC. The van der Waals surface area contributed by atoms with Crippen molar-refractivity contribution < 1.29 is 18.0 Å². The average molecular weight is 520 g/mol. The summed E-state index contributed by atoms with van der Waals surface area (Å²) in [7, 11) is 0. The Hall–Kier alpha value is -4.41. The Bertz CT molecular complexity index is 1610. The van der Waals surface area contributed by atoms with Crippen molar-refractivity contribution in [1.29, 1.82) is 0 Å². The van der Waals surface area contributed by atoms with Crippen molar-refractivity contribution in [2.75, 3.05) is 0 Å². The van der Waals surface area contributed by atoms with E-state index in [2.05, 4.69) is 25.0 Å². The number of halogens is 3. The van der Waals surface area contributed by atoms with Crippen molar-refractivity contribution in [3.05, 3.63) is 95.3 Å². The van der Waals surface area contributed by atoms with Crippen LogP contribution in [0.3, 0.4) is 0 Å². The molecule has 0 aliphatic carbocycles. The van der Waals surface area contributed by atoms with Gasteiger partial charge in [-0.2, -0.15) is 18.3 Å². The van der Waals surface area contributed by atoms with Gasteiger partial charge in [0.1, 0.15) is 6.33 Å². The third-order valence-electron chi connectivity index (χ3n) is 6.32. The third-order valence-corrected chi connectivity index (χ3v) is 6.32. The average Bonchev–Trinajstić information content (AvgIpc) is 3.53. The zero-order chi connectivity index (χ0) is 26.9. The van der Waals surface area contributed by atoms with Gasteiger partial charge in [-0.1, -0.05) is 32.0 Å². The summed E-state index contributed by atoms with van der Waals surface area (Å²) in [4.78, 5) is 29.1. The fourth-order valence-corrected chi connectivity index (χ4v) is 4.48. The van der Waals surface area contributed by atoms with Gasteiger partial charge in [-0.05, 0) is 23.6 Å². The van der Waals surface area contributed by atoms with E-state index in [1.54, 1.807) is 22.9 Å². The normalized spacial score (nSPS) is 11.8. The Morgan fingerprint density at radius 3 is 2.61 bits per heavy atom. The molecule has 0 amide bonds. The summed E-state index contributed by atoms with van der Waals surface area (Å²) in [6, 6.07) is 7.32.